The molecule has 0 spiro atoms. The summed E-state index contributed by atoms with van der Waals surface area (Å²) in [7, 11) is 0. The molecule has 2 heterocycles. The summed E-state index contributed by atoms with van der Waals surface area (Å²) in [4.78, 5) is 17.1. The molecule has 3 aromatic rings. The first kappa shape index (κ1) is 16.6. The van der Waals surface area contributed by atoms with Crippen LogP contribution in [0.4, 0.5) is 0 Å². The minimum Gasteiger partial charge on any atom is -0.465 e. The Morgan fingerprint density at radius 1 is 1.28 bits per heavy atom. The van der Waals surface area contributed by atoms with Crippen LogP contribution in [0.3, 0.4) is 0 Å². The molecule has 1 aromatic carbocycles. The van der Waals surface area contributed by atoms with E-state index >= 15 is 0 Å². The third kappa shape index (κ3) is 4.20. The molecular weight excluding hydrogens is 314 g/mol. The molecule has 0 saturated carbocycles. The number of hydrazone groups is 1. The molecule has 1 N–H and O–H groups in total. The number of nitrogens with one attached hydrogen (secondary N) is 1. The van der Waals surface area contributed by atoms with E-state index in [0.29, 0.717) is 5.56 Å². The molecule has 5 nitrogen and oxygen atoms in total. The van der Waals surface area contributed by atoms with Crippen molar-refractivity contribution in [3.8, 4) is 0 Å². The summed E-state index contributed by atoms with van der Waals surface area (Å²) in [5.41, 5.74) is 4.88. The van der Waals surface area contributed by atoms with Crippen LogP contribution in [-0.2, 0) is 6.42 Å². The summed E-state index contributed by atoms with van der Waals surface area (Å²) >= 11 is 0. The van der Waals surface area contributed by atoms with Crippen molar-refractivity contribution >= 4 is 29.1 Å². The van der Waals surface area contributed by atoms with E-state index in [1.807, 2.05) is 36.4 Å². The van der Waals surface area contributed by atoms with E-state index in [1.54, 1.807) is 24.5 Å². The Balaban J connectivity index is 1.76. The number of allylic oxidation sites excluding steroid dienone is 1. The van der Waals surface area contributed by atoms with Crippen LogP contribution in [0.25, 0.3) is 17.0 Å². The average Bonchev–Trinajstić information content (AvgIpc) is 3.14. The van der Waals surface area contributed by atoms with Gasteiger partial charge in [-0.3, -0.25) is 9.78 Å². The van der Waals surface area contributed by atoms with Crippen molar-refractivity contribution in [2.75, 3.05) is 0 Å². The van der Waals surface area contributed by atoms with Crippen molar-refractivity contribution in [2.24, 2.45) is 5.10 Å². The fraction of sp³-hybridized carbons (Fsp3) is 0.150. The molecule has 0 atom stereocenters. The maximum Gasteiger partial charge on any atom is 0.272 e. The third-order valence-corrected chi connectivity index (χ3v) is 3.65. The molecule has 0 unspecified atom stereocenters. The van der Waals surface area contributed by atoms with Crippen molar-refractivity contribution in [1.82, 2.24) is 10.4 Å². The van der Waals surface area contributed by atoms with Crippen LogP contribution >= 0.6 is 0 Å². The predicted octanol–water partition coefficient (Wildman–Crippen LogP) is 4.21. The Labute approximate surface area is 146 Å². The number of aryl methyl sites for hydroxylation is 1. The number of rotatable bonds is 6. The van der Waals surface area contributed by atoms with Crippen molar-refractivity contribution in [1.29, 1.82) is 0 Å². The van der Waals surface area contributed by atoms with Gasteiger partial charge in [0.05, 0.1) is 17.3 Å². The second kappa shape index (κ2) is 8.06. The number of furan rings is 1. The summed E-state index contributed by atoms with van der Waals surface area (Å²) in [5, 5.41) is 4.78. The third-order valence-electron chi connectivity index (χ3n) is 3.65. The van der Waals surface area contributed by atoms with Gasteiger partial charge in [0, 0.05) is 17.3 Å². The zero-order valence-electron chi connectivity index (χ0n) is 14.0. The molecule has 0 aliphatic rings. The number of amides is 1. The summed E-state index contributed by atoms with van der Waals surface area (Å²) in [6.07, 6.45) is 8.38. The highest BCUT2D eigenvalue weighted by Crippen LogP contribution is 2.19. The van der Waals surface area contributed by atoms with E-state index in [9.17, 15) is 4.79 Å². The van der Waals surface area contributed by atoms with Crippen molar-refractivity contribution < 1.29 is 9.21 Å². The molecule has 2 aromatic heterocycles. The first-order valence-electron chi connectivity index (χ1n) is 8.20. The van der Waals surface area contributed by atoms with Gasteiger partial charge in [0.1, 0.15) is 5.76 Å². The number of hydrogen-bond donors (Lipinski definition) is 1. The highest BCUT2D eigenvalue weighted by Gasteiger charge is 2.12. The fourth-order valence-corrected chi connectivity index (χ4v) is 2.53. The van der Waals surface area contributed by atoms with Gasteiger partial charge in [-0.25, -0.2) is 5.43 Å². The number of nitrogens with zero attached hydrogens (tertiary/aromatic N) is 2. The number of carbonyl (C=O) groups excluding carboxylic acids is 1. The Bertz CT molecular complexity index is 912. The van der Waals surface area contributed by atoms with Crippen LogP contribution in [0.5, 0.6) is 0 Å². The van der Waals surface area contributed by atoms with E-state index in [2.05, 4.69) is 22.4 Å². The largest absolute Gasteiger partial charge is 0.465 e. The van der Waals surface area contributed by atoms with Gasteiger partial charge < -0.3 is 4.42 Å². The topological polar surface area (TPSA) is 67.5 Å². The van der Waals surface area contributed by atoms with E-state index < -0.39 is 0 Å². The lowest BCUT2D eigenvalue weighted by atomic mass is 10.1. The maximum atomic E-state index is 12.5. The van der Waals surface area contributed by atoms with Gasteiger partial charge >= 0.3 is 0 Å². The van der Waals surface area contributed by atoms with Gasteiger partial charge in [0.2, 0.25) is 0 Å². The van der Waals surface area contributed by atoms with Gasteiger partial charge in [-0.2, -0.15) is 5.10 Å². The second-order valence-electron chi connectivity index (χ2n) is 5.52. The van der Waals surface area contributed by atoms with Gasteiger partial charge in [-0.15, -0.1) is 0 Å². The molecule has 0 radical (unpaired) electrons. The van der Waals surface area contributed by atoms with Crippen LogP contribution in [0.1, 0.15) is 35.2 Å². The van der Waals surface area contributed by atoms with Crippen LogP contribution in [0.15, 0.2) is 64.3 Å². The maximum absolute atomic E-state index is 12.5. The standard InChI is InChI=1S/C20H19N3O2/c1-2-7-15-14-18(17-10-3-4-11-19(17)22-15)20(24)23-21-12-5-8-16-9-6-13-25-16/h3-6,8-14H,2,7H2,1H3,(H,23,24). The number of carbonyl (C=O) groups is 1. The Hall–Kier alpha value is -3.21. The molecule has 1 amide bonds. The monoisotopic (exact) mass is 333 g/mol. The fourth-order valence-electron chi connectivity index (χ4n) is 2.53. The summed E-state index contributed by atoms with van der Waals surface area (Å²) in [5.74, 6) is 0.473. The molecule has 0 aliphatic carbocycles. The van der Waals surface area contributed by atoms with Crippen molar-refractivity contribution in [2.45, 2.75) is 19.8 Å². The van der Waals surface area contributed by atoms with Gasteiger partial charge in [0.25, 0.3) is 5.91 Å². The molecule has 0 saturated heterocycles. The van der Waals surface area contributed by atoms with E-state index in [1.165, 1.54) is 6.21 Å². The molecule has 0 bridgehead atoms. The van der Waals surface area contributed by atoms with Crippen molar-refractivity contribution in [3.63, 3.8) is 0 Å². The van der Waals surface area contributed by atoms with Crippen LogP contribution in [-0.4, -0.2) is 17.1 Å². The second-order valence-corrected chi connectivity index (χ2v) is 5.52. The van der Waals surface area contributed by atoms with E-state index in [4.69, 9.17) is 4.42 Å². The average molecular weight is 333 g/mol. The predicted molar refractivity (Wildman–Crippen MR) is 99.4 cm³/mol. The number of aromatic nitrogens is 1. The molecule has 0 fully saturated rings. The first-order chi connectivity index (χ1) is 12.3. The van der Waals surface area contributed by atoms with Gasteiger partial charge in [0.15, 0.2) is 0 Å². The summed E-state index contributed by atoms with van der Waals surface area (Å²) < 4.78 is 5.17. The Kier molecular flexibility index (Phi) is 5.36. The Morgan fingerprint density at radius 2 is 2.16 bits per heavy atom. The van der Waals surface area contributed by atoms with Gasteiger partial charge in [-0.1, -0.05) is 31.5 Å². The lowest BCUT2D eigenvalue weighted by Gasteiger charge is -2.08. The number of pyridine rings is 1. The molecule has 126 valence electrons. The molecule has 25 heavy (non-hydrogen) atoms. The van der Waals surface area contributed by atoms with Crippen LogP contribution in [0.2, 0.25) is 0 Å². The van der Waals surface area contributed by atoms with Gasteiger partial charge in [-0.05, 0) is 42.8 Å². The molecule has 0 aliphatic heterocycles. The smallest absolute Gasteiger partial charge is 0.272 e. The summed E-state index contributed by atoms with van der Waals surface area (Å²) in [6.45, 7) is 2.09. The molecular formula is C20H19N3O2. The zero-order chi connectivity index (χ0) is 17.5. The minimum absolute atomic E-state index is 0.251. The van der Waals surface area contributed by atoms with Crippen molar-refractivity contribution in [3.05, 3.63) is 71.8 Å². The van der Waals surface area contributed by atoms with Crippen LogP contribution in [0, 0.1) is 0 Å². The molecule has 5 heteroatoms. The normalized spacial score (nSPS) is 11.6. The van der Waals surface area contributed by atoms with Crippen LogP contribution < -0.4 is 5.43 Å². The number of benzene rings is 1. The summed E-state index contributed by atoms with van der Waals surface area (Å²) in [6, 6.07) is 13.1. The number of para-hydroxylation sites is 1. The Morgan fingerprint density at radius 3 is 2.96 bits per heavy atom. The highest BCUT2D eigenvalue weighted by atomic mass is 16.3. The number of hydrogen-bond acceptors (Lipinski definition) is 4. The number of fused-ring (bicyclic) bond motifs is 1. The lowest BCUT2D eigenvalue weighted by molar-refractivity contribution is 0.0956. The lowest BCUT2D eigenvalue weighted by Crippen LogP contribution is -2.18. The zero-order valence-corrected chi connectivity index (χ0v) is 14.0. The minimum atomic E-state index is -0.251. The quantitative estimate of drug-likeness (QED) is 0.543. The highest BCUT2D eigenvalue weighted by molar-refractivity contribution is 6.06. The van der Waals surface area contributed by atoms with E-state index in [0.717, 1.165) is 35.2 Å². The SMILES string of the molecule is CCCc1cc(C(=O)NN=CC=Cc2ccco2)c2ccccc2n1. The first-order valence-corrected chi connectivity index (χ1v) is 8.20. The van der Waals surface area contributed by atoms with E-state index in [-0.39, 0.29) is 5.91 Å². The molecule has 3 rings (SSSR count).